The highest BCUT2D eigenvalue weighted by Crippen LogP contribution is 2.22. The fourth-order valence-corrected chi connectivity index (χ4v) is 2.41. The minimum atomic E-state index is -4.50. The molecule has 0 aliphatic carbocycles. The Bertz CT molecular complexity index is 990. The van der Waals surface area contributed by atoms with Crippen LogP contribution in [0, 0.1) is 6.92 Å². The lowest BCUT2D eigenvalue weighted by Gasteiger charge is -2.17. The highest BCUT2D eigenvalue weighted by atomic mass is 19.4. The average molecular weight is 456 g/mol. The molecule has 0 aliphatic heterocycles. The van der Waals surface area contributed by atoms with Crippen LogP contribution in [0.5, 0.6) is 11.8 Å². The third-order valence-corrected chi connectivity index (χ3v) is 3.94. The van der Waals surface area contributed by atoms with E-state index in [1.807, 2.05) is 0 Å². The summed E-state index contributed by atoms with van der Waals surface area (Å²) in [6.45, 7) is 2.72. The van der Waals surface area contributed by atoms with E-state index in [-0.39, 0.29) is 29.7 Å². The predicted molar refractivity (Wildman–Crippen MR) is 107 cm³/mol. The minimum Gasteiger partial charge on any atom is -0.481 e. The molecule has 0 saturated carbocycles. The number of aliphatic hydroxyl groups is 1. The van der Waals surface area contributed by atoms with Crippen molar-refractivity contribution in [1.82, 2.24) is 15.3 Å². The number of hydrogen-bond acceptors (Lipinski definition) is 7. The summed E-state index contributed by atoms with van der Waals surface area (Å²) in [6.07, 6.45) is -4.50. The molecular formula is C20H23F3N4O5. The molecule has 3 N–H and O–H groups in total. The predicted octanol–water partition coefficient (Wildman–Crippen LogP) is 2.37. The second-order valence-corrected chi connectivity index (χ2v) is 7.30. The van der Waals surface area contributed by atoms with E-state index < -0.39 is 30.2 Å². The summed E-state index contributed by atoms with van der Waals surface area (Å²) < 4.78 is 46.5. The van der Waals surface area contributed by atoms with Crippen molar-refractivity contribution in [3.63, 3.8) is 0 Å². The fraction of sp³-hybridized carbons (Fsp3) is 0.400. The molecule has 2 aromatic heterocycles. The van der Waals surface area contributed by atoms with E-state index in [2.05, 4.69) is 25.3 Å². The standard InChI is InChI=1S/C20H23F3N4O5/c1-11-7-13(8-14(25-11)26-18(29)19(2,3)30)16(28)24-9-12-5-6-15(27-17(12)31-4)32-10-20(21,22)23/h5-8,30H,9-10H2,1-4H3,(H,24,28)(H,25,26,29). The van der Waals surface area contributed by atoms with Crippen LogP contribution in [0.3, 0.4) is 0 Å². The van der Waals surface area contributed by atoms with Gasteiger partial charge in [0.2, 0.25) is 11.8 Å². The van der Waals surface area contributed by atoms with Crippen molar-refractivity contribution in [3.8, 4) is 11.8 Å². The lowest BCUT2D eigenvalue weighted by molar-refractivity contribution is -0.154. The van der Waals surface area contributed by atoms with Crippen molar-refractivity contribution < 1.29 is 37.3 Å². The SMILES string of the molecule is COc1nc(OCC(F)(F)F)ccc1CNC(=O)c1cc(C)nc(NC(=O)C(C)(C)O)c1. The van der Waals surface area contributed by atoms with Gasteiger partial charge in [-0.05, 0) is 39.0 Å². The van der Waals surface area contributed by atoms with Crippen LogP contribution >= 0.6 is 0 Å². The number of aryl methyl sites for hydroxylation is 1. The second kappa shape index (κ2) is 9.81. The van der Waals surface area contributed by atoms with E-state index in [0.717, 1.165) is 0 Å². The van der Waals surface area contributed by atoms with Crippen molar-refractivity contribution in [3.05, 3.63) is 41.1 Å². The lowest BCUT2D eigenvalue weighted by atomic mass is 10.1. The molecule has 0 bridgehead atoms. The highest BCUT2D eigenvalue weighted by molar-refractivity contribution is 5.98. The Morgan fingerprint density at radius 1 is 1.16 bits per heavy atom. The minimum absolute atomic E-state index is 0.00554. The van der Waals surface area contributed by atoms with E-state index >= 15 is 0 Å². The topological polar surface area (TPSA) is 123 Å². The summed E-state index contributed by atoms with van der Waals surface area (Å²) in [7, 11) is 1.28. The Kier molecular flexibility index (Phi) is 7.62. The van der Waals surface area contributed by atoms with Crippen molar-refractivity contribution in [2.75, 3.05) is 19.0 Å². The molecule has 9 nitrogen and oxygen atoms in total. The number of aromatic nitrogens is 2. The molecule has 12 heteroatoms. The number of pyridine rings is 2. The summed E-state index contributed by atoms with van der Waals surface area (Å²) in [4.78, 5) is 32.5. The zero-order valence-corrected chi connectivity index (χ0v) is 17.8. The summed E-state index contributed by atoms with van der Waals surface area (Å²) in [5, 5.41) is 14.8. The number of amides is 2. The molecule has 2 amide bonds. The van der Waals surface area contributed by atoms with Crippen molar-refractivity contribution in [2.45, 2.75) is 39.1 Å². The first-order valence-corrected chi connectivity index (χ1v) is 9.32. The van der Waals surface area contributed by atoms with E-state index in [1.165, 1.54) is 45.2 Å². The van der Waals surface area contributed by atoms with Crippen LogP contribution in [0.2, 0.25) is 0 Å². The molecule has 2 aromatic rings. The van der Waals surface area contributed by atoms with Crippen LogP contribution in [-0.2, 0) is 11.3 Å². The van der Waals surface area contributed by atoms with Crippen LogP contribution in [0.15, 0.2) is 24.3 Å². The fourth-order valence-electron chi connectivity index (χ4n) is 2.41. The monoisotopic (exact) mass is 456 g/mol. The number of anilines is 1. The summed E-state index contributed by atoms with van der Waals surface area (Å²) in [5.74, 6) is -1.38. The first-order valence-electron chi connectivity index (χ1n) is 9.32. The zero-order chi connectivity index (χ0) is 24.1. The highest BCUT2D eigenvalue weighted by Gasteiger charge is 2.29. The quantitative estimate of drug-likeness (QED) is 0.557. The summed E-state index contributed by atoms with van der Waals surface area (Å²) >= 11 is 0. The number of alkyl halides is 3. The van der Waals surface area contributed by atoms with Gasteiger partial charge in [0, 0.05) is 29.4 Å². The Labute approximate surface area is 182 Å². The van der Waals surface area contributed by atoms with Crippen LogP contribution in [-0.4, -0.2) is 52.4 Å². The van der Waals surface area contributed by atoms with Crippen LogP contribution in [0.4, 0.5) is 19.0 Å². The summed E-state index contributed by atoms with van der Waals surface area (Å²) in [6, 6.07) is 5.50. The van der Waals surface area contributed by atoms with Gasteiger partial charge in [0.05, 0.1) is 7.11 Å². The van der Waals surface area contributed by atoms with Gasteiger partial charge in [-0.25, -0.2) is 4.98 Å². The molecule has 32 heavy (non-hydrogen) atoms. The van der Waals surface area contributed by atoms with E-state index in [0.29, 0.717) is 11.3 Å². The molecule has 0 saturated heterocycles. The average Bonchev–Trinajstić information content (AvgIpc) is 2.68. The third-order valence-electron chi connectivity index (χ3n) is 3.94. The molecule has 0 unspecified atom stereocenters. The van der Waals surface area contributed by atoms with Crippen LogP contribution < -0.4 is 20.1 Å². The molecule has 2 heterocycles. The van der Waals surface area contributed by atoms with Gasteiger partial charge in [0.1, 0.15) is 11.4 Å². The van der Waals surface area contributed by atoms with Gasteiger partial charge < -0.3 is 25.2 Å². The molecule has 0 spiro atoms. The molecule has 0 fully saturated rings. The molecule has 0 atom stereocenters. The maximum Gasteiger partial charge on any atom is 0.422 e. The van der Waals surface area contributed by atoms with Gasteiger partial charge in [-0.2, -0.15) is 18.2 Å². The van der Waals surface area contributed by atoms with E-state index in [9.17, 15) is 27.9 Å². The number of halogens is 3. The largest absolute Gasteiger partial charge is 0.481 e. The molecule has 0 aliphatic rings. The number of nitrogens with zero attached hydrogens (tertiary/aromatic N) is 2. The zero-order valence-electron chi connectivity index (χ0n) is 17.8. The van der Waals surface area contributed by atoms with Gasteiger partial charge in [0.15, 0.2) is 6.61 Å². The second-order valence-electron chi connectivity index (χ2n) is 7.30. The number of ether oxygens (including phenoxy) is 2. The summed E-state index contributed by atoms with van der Waals surface area (Å²) in [5.41, 5.74) is -0.579. The number of hydrogen-bond donors (Lipinski definition) is 3. The number of carbonyl (C=O) groups excluding carboxylic acids is 2. The van der Waals surface area contributed by atoms with Gasteiger partial charge in [-0.3, -0.25) is 9.59 Å². The smallest absolute Gasteiger partial charge is 0.422 e. The van der Waals surface area contributed by atoms with Gasteiger partial charge in [-0.1, -0.05) is 0 Å². The number of nitrogens with one attached hydrogen (secondary N) is 2. The third kappa shape index (κ3) is 7.38. The molecule has 2 rings (SSSR count). The van der Waals surface area contributed by atoms with Gasteiger partial charge >= 0.3 is 6.18 Å². The molecule has 0 radical (unpaired) electrons. The maximum atomic E-state index is 12.6. The van der Waals surface area contributed by atoms with Crippen LogP contribution in [0.1, 0.15) is 35.5 Å². The van der Waals surface area contributed by atoms with E-state index in [4.69, 9.17) is 4.74 Å². The number of rotatable bonds is 8. The number of carbonyl (C=O) groups is 2. The Morgan fingerprint density at radius 3 is 2.44 bits per heavy atom. The Hall–Kier alpha value is -3.41. The first-order chi connectivity index (χ1) is 14.8. The maximum absolute atomic E-state index is 12.6. The van der Waals surface area contributed by atoms with Crippen molar-refractivity contribution >= 4 is 17.6 Å². The van der Waals surface area contributed by atoms with Gasteiger partial charge in [-0.15, -0.1) is 0 Å². The molecule has 0 aromatic carbocycles. The Balaban J connectivity index is 2.09. The number of methoxy groups -OCH3 is 1. The Morgan fingerprint density at radius 2 is 1.84 bits per heavy atom. The van der Waals surface area contributed by atoms with Crippen LogP contribution in [0.25, 0.3) is 0 Å². The normalized spacial score (nSPS) is 11.6. The molecular weight excluding hydrogens is 433 g/mol. The van der Waals surface area contributed by atoms with Crippen molar-refractivity contribution in [2.24, 2.45) is 0 Å². The lowest BCUT2D eigenvalue weighted by Crippen LogP contribution is -2.37. The molecule has 174 valence electrons. The first kappa shape index (κ1) is 24.9. The van der Waals surface area contributed by atoms with E-state index in [1.54, 1.807) is 6.92 Å². The van der Waals surface area contributed by atoms with Crippen molar-refractivity contribution in [1.29, 1.82) is 0 Å². The van der Waals surface area contributed by atoms with Gasteiger partial charge in [0.25, 0.3) is 11.8 Å².